The molecule has 90 valence electrons. The Kier molecular flexibility index (Phi) is 2.65. The molecule has 0 saturated carbocycles. The molecule has 0 radical (unpaired) electrons. The number of imide groups is 1. The Bertz CT molecular complexity index is 618. The van der Waals surface area contributed by atoms with E-state index < -0.39 is 0 Å². The van der Waals surface area contributed by atoms with E-state index in [-0.39, 0.29) is 18.4 Å². The number of aromatic nitrogens is 1. The first-order valence-electron chi connectivity index (χ1n) is 5.22. The molecule has 0 N–H and O–H groups in total. The molecule has 4 nitrogen and oxygen atoms in total. The van der Waals surface area contributed by atoms with Crippen molar-refractivity contribution in [3.8, 4) is 0 Å². The predicted molar refractivity (Wildman–Crippen MR) is 67.8 cm³/mol. The Balaban J connectivity index is 1.92. The first kappa shape index (κ1) is 11.4. The maximum atomic E-state index is 12.1. The van der Waals surface area contributed by atoms with E-state index in [1.54, 1.807) is 29.6 Å². The molecule has 2 amide bonds. The highest BCUT2D eigenvalue weighted by Gasteiger charge is 2.35. The lowest BCUT2D eigenvalue weighted by Crippen LogP contribution is -2.29. The van der Waals surface area contributed by atoms with Crippen LogP contribution in [-0.2, 0) is 6.54 Å². The number of fused-ring (bicyclic) bond motifs is 1. The molecule has 18 heavy (non-hydrogen) atoms. The second-order valence-electron chi connectivity index (χ2n) is 3.83. The number of halogens is 1. The van der Waals surface area contributed by atoms with Crippen molar-refractivity contribution in [2.75, 3.05) is 0 Å². The third-order valence-corrected chi connectivity index (χ3v) is 3.75. The molecular weight excluding hydrogens is 272 g/mol. The fourth-order valence-corrected chi connectivity index (χ4v) is 2.67. The Morgan fingerprint density at radius 1 is 1.17 bits per heavy atom. The second-order valence-corrected chi connectivity index (χ2v) is 5.27. The Labute approximate surface area is 112 Å². The highest BCUT2D eigenvalue weighted by atomic mass is 35.5. The van der Waals surface area contributed by atoms with E-state index in [9.17, 15) is 9.59 Å². The fraction of sp³-hybridized carbons (Fsp3) is 0.0833. The van der Waals surface area contributed by atoms with Crippen LogP contribution in [0.1, 0.15) is 26.4 Å². The molecule has 0 unspecified atom stereocenters. The van der Waals surface area contributed by atoms with E-state index in [4.69, 9.17) is 11.6 Å². The van der Waals surface area contributed by atoms with Crippen molar-refractivity contribution in [2.24, 2.45) is 0 Å². The first-order valence-corrected chi connectivity index (χ1v) is 6.47. The standard InChI is InChI=1S/C12H7ClN2O2S/c13-12-14-7(6-18-12)5-15-10(16)8-3-1-2-4-9(8)11(15)17/h1-4,6H,5H2. The number of carbonyl (C=O) groups is 2. The summed E-state index contributed by atoms with van der Waals surface area (Å²) in [6.07, 6.45) is 0. The maximum absolute atomic E-state index is 12.1. The van der Waals surface area contributed by atoms with E-state index in [0.29, 0.717) is 21.3 Å². The number of thiazole rings is 1. The van der Waals surface area contributed by atoms with Gasteiger partial charge in [-0.25, -0.2) is 4.98 Å². The van der Waals surface area contributed by atoms with Gasteiger partial charge in [-0.1, -0.05) is 23.7 Å². The maximum Gasteiger partial charge on any atom is 0.261 e. The van der Waals surface area contributed by atoms with Crippen molar-refractivity contribution in [1.29, 1.82) is 0 Å². The first-order chi connectivity index (χ1) is 8.66. The quantitative estimate of drug-likeness (QED) is 0.794. The van der Waals surface area contributed by atoms with Gasteiger partial charge in [0.25, 0.3) is 11.8 Å². The fourth-order valence-electron chi connectivity index (χ4n) is 1.90. The van der Waals surface area contributed by atoms with Crippen LogP contribution in [0.4, 0.5) is 0 Å². The Morgan fingerprint density at radius 3 is 2.28 bits per heavy atom. The monoisotopic (exact) mass is 278 g/mol. The lowest BCUT2D eigenvalue weighted by atomic mass is 10.1. The van der Waals surface area contributed by atoms with Crippen molar-refractivity contribution in [3.63, 3.8) is 0 Å². The van der Waals surface area contributed by atoms with Gasteiger partial charge in [-0.15, -0.1) is 11.3 Å². The molecule has 0 spiro atoms. The van der Waals surface area contributed by atoms with Crippen LogP contribution in [-0.4, -0.2) is 21.7 Å². The van der Waals surface area contributed by atoms with Gasteiger partial charge in [0.2, 0.25) is 0 Å². The van der Waals surface area contributed by atoms with Gasteiger partial charge in [0, 0.05) is 5.38 Å². The molecule has 1 aromatic heterocycles. The molecule has 6 heteroatoms. The van der Waals surface area contributed by atoms with Crippen LogP contribution in [0.3, 0.4) is 0 Å². The normalized spacial score (nSPS) is 14.2. The third-order valence-electron chi connectivity index (χ3n) is 2.72. The van der Waals surface area contributed by atoms with E-state index in [1.807, 2.05) is 0 Å². The zero-order chi connectivity index (χ0) is 12.7. The molecule has 1 aromatic carbocycles. The van der Waals surface area contributed by atoms with Crippen molar-refractivity contribution in [3.05, 3.63) is 50.9 Å². The predicted octanol–water partition coefficient (Wildman–Crippen LogP) is 2.59. The number of nitrogens with zero attached hydrogens (tertiary/aromatic N) is 2. The largest absolute Gasteiger partial charge is 0.269 e. The summed E-state index contributed by atoms with van der Waals surface area (Å²) in [5, 5.41) is 1.74. The highest BCUT2D eigenvalue weighted by Crippen LogP contribution is 2.25. The zero-order valence-corrected chi connectivity index (χ0v) is 10.7. The van der Waals surface area contributed by atoms with E-state index in [0.717, 1.165) is 0 Å². The lowest BCUT2D eigenvalue weighted by molar-refractivity contribution is 0.0640. The number of benzene rings is 1. The molecule has 1 aliphatic rings. The highest BCUT2D eigenvalue weighted by molar-refractivity contribution is 7.13. The van der Waals surface area contributed by atoms with E-state index >= 15 is 0 Å². The molecule has 0 atom stereocenters. The smallest absolute Gasteiger partial charge is 0.261 e. The minimum absolute atomic E-state index is 0.162. The van der Waals surface area contributed by atoms with Gasteiger partial charge in [-0.2, -0.15) is 0 Å². The number of hydrogen-bond acceptors (Lipinski definition) is 4. The van der Waals surface area contributed by atoms with Gasteiger partial charge in [0.05, 0.1) is 23.4 Å². The Hall–Kier alpha value is -1.72. The molecule has 1 aliphatic heterocycles. The topological polar surface area (TPSA) is 50.3 Å². The van der Waals surface area contributed by atoms with Crippen LogP contribution < -0.4 is 0 Å². The summed E-state index contributed by atoms with van der Waals surface area (Å²) in [6.45, 7) is 0.162. The molecule has 2 heterocycles. The summed E-state index contributed by atoms with van der Waals surface area (Å²) in [5.41, 5.74) is 1.52. The molecular formula is C12H7ClN2O2S. The van der Waals surface area contributed by atoms with Gasteiger partial charge in [-0.3, -0.25) is 14.5 Å². The van der Waals surface area contributed by atoms with Crippen molar-refractivity contribution >= 4 is 34.8 Å². The zero-order valence-electron chi connectivity index (χ0n) is 9.09. The van der Waals surface area contributed by atoms with Crippen LogP contribution in [0.5, 0.6) is 0 Å². The average Bonchev–Trinajstić information content (AvgIpc) is 2.88. The summed E-state index contributed by atoms with van der Waals surface area (Å²) in [7, 11) is 0. The van der Waals surface area contributed by atoms with Crippen molar-refractivity contribution in [1.82, 2.24) is 9.88 Å². The lowest BCUT2D eigenvalue weighted by Gasteiger charge is -2.11. The molecule has 3 rings (SSSR count). The Morgan fingerprint density at radius 2 is 1.78 bits per heavy atom. The molecule has 0 aliphatic carbocycles. The van der Waals surface area contributed by atoms with Gasteiger partial charge >= 0.3 is 0 Å². The second kappa shape index (κ2) is 4.19. The minimum atomic E-state index is -0.278. The van der Waals surface area contributed by atoms with Crippen LogP contribution >= 0.6 is 22.9 Å². The number of carbonyl (C=O) groups excluding carboxylic acids is 2. The van der Waals surface area contributed by atoms with Gasteiger partial charge < -0.3 is 0 Å². The summed E-state index contributed by atoms with van der Waals surface area (Å²) < 4.78 is 0.404. The van der Waals surface area contributed by atoms with Crippen LogP contribution in [0, 0.1) is 0 Å². The number of amides is 2. The van der Waals surface area contributed by atoms with Crippen molar-refractivity contribution in [2.45, 2.75) is 6.54 Å². The average molecular weight is 279 g/mol. The molecule has 2 aromatic rings. The van der Waals surface area contributed by atoms with Crippen LogP contribution in [0.25, 0.3) is 0 Å². The summed E-state index contributed by atoms with van der Waals surface area (Å²) >= 11 is 7.01. The number of hydrogen-bond donors (Lipinski definition) is 0. The minimum Gasteiger partial charge on any atom is -0.269 e. The van der Waals surface area contributed by atoms with Gasteiger partial charge in [0.15, 0.2) is 4.47 Å². The third kappa shape index (κ3) is 1.72. The van der Waals surface area contributed by atoms with Gasteiger partial charge in [0.1, 0.15) is 0 Å². The van der Waals surface area contributed by atoms with E-state index in [1.165, 1.54) is 16.2 Å². The molecule has 0 bridgehead atoms. The summed E-state index contributed by atoms with van der Waals surface area (Å²) in [5.74, 6) is -0.556. The number of rotatable bonds is 2. The SMILES string of the molecule is O=C1c2ccccc2C(=O)N1Cc1csc(Cl)n1. The summed E-state index contributed by atoms with van der Waals surface area (Å²) in [6, 6.07) is 6.80. The van der Waals surface area contributed by atoms with Crippen LogP contribution in [0.15, 0.2) is 29.6 Å². The van der Waals surface area contributed by atoms with Gasteiger partial charge in [-0.05, 0) is 12.1 Å². The van der Waals surface area contributed by atoms with Crippen molar-refractivity contribution < 1.29 is 9.59 Å². The van der Waals surface area contributed by atoms with E-state index in [2.05, 4.69) is 4.98 Å². The molecule has 0 fully saturated rings. The summed E-state index contributed by atoms with van der Waals surface area (Å²) in [4.78, 5) is 29.4. The van der Waals surface area contributed by atoms with Crippen LogP contribution in [0.2, 0.25) is 4.47 Å². The molecule has 0 saturated heterocycles.